The van der Waals surface area contributed by atoms with Crippen LogP contribution in [0.1, 0.15) is 18.4 Å². The molecule has 2 aromatic rings. The summed E-state index contributed by atoms with van der Waals surface area (Å²) in [6, 6.07) is 15.0. The van der Waals surface area contributed by atoms with Gasteiger partial charge in [0.15, 0.2) is 0 Å². The highest BCUT2D eigenvalue weighted by atomic mass is 35.5. The summed E-state index contributed by atoms with van der Waals surface area (Å²) in [6.07, 6.45) is 1.70. The maximum Gasteiger partial charge on any atom is 0.235 e. The van der Waals surface area contributed by atoms with Gasteiger partial charge in [-0.1, -0.05) is 59.6 Å². The number of anilines is 1. The highest BCUT2D eigenvalue weighted by Gasteiger charge is 2.51. The van der Waals surface area contributed by atoms with Crippen molar-refractivity contribution in [3.63, 3.8) is 0 Å². The van der Waals surface area contributed by atoms with Crippen molar-refractivity contribution in [3.05, 3.63) is 64.1 Å². The summed E-state index contributed by atoms with van der Waals surface area (Å²) >= 11 is 12.2. The molecule has 0 saturated heterocycles. The van der Waals surface area contributed by atoms with Crippen molar-refractivity contribution in [3.8, 4) is 0 Å². The van der Waals surface area contributed by atoms with E-state index in [1.54, 1.807) is 18.2 Å². The molecule has 2 nitrogen and oxygen atoms in total. The predicted octanol–water partition coefficient (Wildman–Crippen LogP) is 4.66. The first-order valence-corrected chi connectivity index (χ1v) is 7.20. The lowest BCUT2D eigenvalue weighted by atomic mass is 9.95. The Hall–Kier alpha value is -1.51. The number of amides is 1. The first kappa shape index (κ1) is 13.5. The van der Waals surface area contributed by atoms with Crippen LogP contribution < -0.4 is 5.32 Å². The summed E-state index contributed by atoms with van der Waals surface area (Å²) in [7, 11) is 0. The molecule has 0 spiro atoms. The molecule has 102 valence electrons. The number of nitrogens with one attached hydrogen (secondary N) is 1. The SMILES string of the molecule is O=C(Nc1c(Cl)cccc1Cl)C1(c2ccccc2)CC1. The van der Waals surface area contributed by atoms with Crippen molar-refractivity contribution in [2.75, 3.05) is 5.32 Å². The summed E-state index contributed by atoms with van der Waals surface area (Å²) < 4.78 is 0. The average molecular weight is 306 g/mol. The zero-order chi connectivity index (χ0) is 14.2. The lowest BCUT2D eigenvalue weighted by molar-refractivity contribution is -0.118. The van der Waals surface area contributed by atoms with Gasteiger partial charge in [-0.15, -0.1) is 0 Å². The topological polar surface area (TPSA) is 29.1 Å². The van der Waals surface area contributed by atoms with Crippen LogP contribution in [0.25, 0.3) is 0 Å². The van der Waals surface area contributed by atoms with Crippen LogP contribution in [0.2, 0.25) is 10.0 Å². The monoisotopic (exact) mass is 305 g/mol. The van der Waals surface area contributed by atoms with Crippen molar-refractivity contribution in [1.82, 2.24) is 0 Å². The second-order valence-electron chi connectivity index (χ2n) is 5.00. The van der Waals surface area contributed by atoms with Gasteiger partial charge in [-0.05, 0) is 30.5 Å². The normalized spacial score (nSPS) is 15.7. The second kappa shape index (κ2) is 5.12. The van der Waals surface area contributed by atoms with Crippen molar-refractivity contribution in [2.45, 2.75) is 18.3 Å². The van der Waals surface area contributed by atoms with Gasteiger partial charge in [-0.2, -0.15) is 0 Å². The fraction of sp³-hybridized carbons (Fsp3) is 0.188. The van der Waals surface area contributed by atoms with Gasteiger partial charge in [0.25, 0.3) is 0 Å². The van der Waals surface area contributed by atoms with E-state index in [0.29, 0.717) is 15.7 Å². The molecule has 1 fully saturated rings. The van der Waals surface area contributed by atoms with Gasteiger partial charge in [0.2, 0.25) is 5.91 Å². The number of hydrogen-bond donors (Lipinski definition) is 1. The number of para-hydroxylation sites is 1. The largest absolute Gasteiger partial charge is 0.323 e. The summed E-state index contributed by atoms with van der Waals surface area (Å²) in [4.78, 5) is 12.6. The Kier molecular flexibility index (Phi) is 3.45. The Morgan fingerprint density at radius 2 is 1.55 bits per heavy atom. The fourth-order valence-electron chi connectivity index (χ4n) is 2.38. The highest BCUT2D eigenvalue weighted by molar-refractivity contribution is 6.39. The molecule has 20 heavy (non-hydrogen) atoms. The van der Waals surface area contributed by atoms with Gasteiger partial charge in [-0.25, -0.2) is 0 Å². The summed E-state index contributed by atoms with van der Waals surface area (Å²) in [5.74, 6) is -0.0429. The first-order chi connectivity index (χ1) is 9.63. The number of hydrogen-bond acceptors (Lipinski definition) is 1. The first-order valence-electron chi connectivity index (χ1n) is 6.44. The van der Waals surface area contributed by atoms with Crippen LogP contribution >= 0.6 is 23.2 Å². The van der Waals surface area contributed by atoms with Gasteiger partial charge in [0, 0.05) is 0 Å². The van der Waals surface area contributed by atoms with Gasteiger partial charge >= 0.3 is 0 Å². The van der Waals surface area contributed by atoms with E-state index in [4.69, 9.17) is 23.2 Å². The number of rotatable bonds is 3. The van der Waals surface area contributed by atoms with E-state index in [1.807, 2.05) is 30.3 Å². The quantitative estimate of drug-likeness (QED) is 0.877. The Morgan fingerprint density at radius 3 is 2.10 bits per heavy atom. The molecular formula is C16H13Cl2NO. The zero-order valence-electron chi connectivity index (χ0n) is 10.7. The molecule has 1 aliphatic carbocycles. The molecule has 4 heteroatoms. The highest BCUT2D eigenvalue weighted by Crippen LogP contribution is 2.49. The molecule has 0 bridgehead atoms. The molecule has 1 aliphatic rings. The van der Waals surface area contributed by atoms with E-state index in [2.05, 4.69) is 5.32 Å². The standard InChI is InChI=1S/C16H13Cl2NO/c17-12-7-4-8-13(18)14(12)19-15(20)16(9-10-16)11-5-2-1-3-6-11/h1-8H,9-10H2,(H,19,20). The van der Waals surface area contributed by atoms with Crippen LogP contribution in [0.3, 0.4) is 0 Å². The lowest BCUT2D eigenvalue weighted by Gasteiger charge is -2.17. The van der Waals surface area contributed by atoms with Crippen LogP contribution in [0, 0.1) is 0 Å². The van der Waals surface area contributed by atoms with Crippen LogP contribution in [0.5, 0.6) is 0 Å². The molecule has 0 atom stereocenters. The Labute approximate surface area is 127 Å². The number of carbonyl (C=O) groups excluding carboxylic acids is 1. The molecule has 0 aliphatic heterocycles. The van der Waals surface area contributed by atoms with E-state index in [-0.39, 0.29) is 5.91 Å². The van der Waals surface area contributed by atoms with Crippen LogP contribution in [-0.4, -0.2) is 5.91 Å². The predicted molar refractivity (Wildman–Crippen MR) is 82.4 cm³/mol. The Bertz CT molecular complexity index is 631. The van der Waals surface area contributed by atoms with Crippen molar-refractivity contribution < 1.29 is 4.79 Å². The summed E-state index contributed by atoms with van der Waals surface area (Å²) in [6.45, 7) is 0. The molecule has 1 amide bonds. The van der Waals surface area contributed by atoms with Crippen LogP contribution in [-0.2, 0) is 10.2 Å². The Morgan fingerprint density at radius 1 is 0.950 bits per heavy atom. The van der Waals surface area contributed by atoms with Gasteiger partial charge < -0.3 is 5.32 Å². The van der Waals surface area contributed by atoms with Crippen molar-refractivity contribution in [2.24, 2.45) is 0 Å². The lowest BCUT2D eigenvalue weighted by Crippen LogP contribution is -2.28. The Balaban J connectivity index is 1.88. The third-order valence-electron chi connectivity index (χ3n) is 3.71. The molecule has 3 rings (SSSR count). The minimum absolute atomic E-state index is 0.0429. The van der Waals surface area contributed by atoms with E-state index in [0.717, 1.165) is 18.4 Å². The summed E-state index contributed by atoms with van der Waals surface area (Å²) in [5.41, 5.74) is 1.10. The maximum atomic E-state index is 12.6. The van der Waals surface area contributed by atoms with Crippen LogP contribution in [0.15, 0.2) is 48.5 Å². The van der Waals surface area contributed by atoms with Gasteiger partial charge in [0.05, 0.1) is 21.1 Å². The average Bonchev–Trinajstić information content (AvgIpc) is 3.25. The molecule has 0 unspecified atom stereocenters. The van der Waals surface area contributed by atoms with Crippen molar-refractivity contribution in [1.29, 1.82) is 0 Å². The van der Waals surface area contributed by atoms with E-state index in [1.165, 1.54) is 0 Å². The number of halogens is 2. The molecule has 0 heterocycles. The molecule has 1 saturated carbocycles. The zero-order valence-corrected chi connectivity index (χ0v) is 12.2. The van der Waals surface area contributed by atoms with Crippen molar-refractivity contribution >= 4 is 34.8 Å². The number of carbonyl (C=O) groups is 1. The smallest absolute Gasteiger partial charge is 0.235 e. The minimum atomic E-state index is -0.427. The van der Waals surface area contributed by atoms with E-state index >= 15 is 0 Å². The van der Waals surface area contributed by atoms with E-state index < -0.39 is 5.41 Å². The molecule has 1 N–H and O–H groups in total. The third kappa shape index (κ3) is 2.30. The summed E-state index contributed by atoms with van der Waals surface area (Å²) in [5, 5.41) is 3.78. The molecule has 0 radical (unpaired) electrons. The molecular weight excluding hydrogens is 293 g/mol. The van der Waals surface area contributed by atoms with Crippen LogP contribution in [0.4, 0.5) is 5.69 Å². The van der Waals surface area contributed by atoms with Gasteiger partial charge in [-0.3, -0.25) is 4.79 Å². The minimum Gasteiger partial charge on any atom is -0.323 e. The molecule has 0 aromatic heterocycles. The third-order valence-corrected chi connectivity index (χ3v) is 4.34. The second-order valence-corrected chi connectivity index (χ2v) is 5.81. The van der Waals surface area contributed by atoms with Gasteiger partial charge in [0.1, 0.15) is 0 Å². The molecule has 2 aromatic carbocycles. The fourth-order valence-corrected chi connectivity index (χ4v) is 2.87. The maximum absolute atomic E-state index is 12.6. The van der Waals surface area contributed by atoms with E-state index in [9.17, 15) is 4.79 Å². The number of benzene rings is 2.